The van der Waals surface area contributed by atoms with Crippen LogP contribution in [0.15, 0.2) is 29.7 Å². The van der Waals surface area contributed by atoms with Gasteiger partial charge in [0.2, 0.25) is 5.16 Å². The summed E-state index contributed by atoms with van der Waals surface area (Å²) in [7, 11) is 0. The monoisotopic (exact) mass is 482 g/mol. The Morgan fingerprint density at radius 1 is 1.03 bits per heavy atom. The van der Waals surface area contributed by atoms with E-state index in [1.54, 1.807) is 12.4 Å². The van der Waals surface area contributed by atoms with E-state index in [2.05, 4.69) is 20.2 Å². The minimum absolute atomic E-state index is 0.0407. The normalized spacial score (nSPS) is 26.6. The topological polar surface area (TPSA) is 97.8 Å². The maximum absolute atomic E-state index is 13.3. The molecule has 5 rings (SSSR count). The van der Waals surface area contributed by atoms with E-state index in [9.17, 15) is 9.59 Å². The van der Waals surface area contributed by atoms with E-state index in [-0.39, 0.29) is 5.78 Å². The first-order valence-electron chi connectivity index (χ1n) is 12.9. The first-order valence-corrected chi connectivity index (χ1v) is 13.8. The number of esters is 1. The Hall–Kier alpha value is -2.22. The molecule has 2 aromatic rings. The number of ether oxygens (including phenoxy) is 1. The van der Waals surface area contributed by atoms with Crippen LogP contribution in [0.4, 0.5) is 0 Å². The number of cyclic esters (lactones) is 1. The molecule has 1 N–H and O–H groups in total. The molecular weight excluding hydrogens is 448 g/mol. The van der Waals surface area contributed by atoms with Crippen molar-refractivity contribution in [2.24, 2.45) is 11.8 Å². The molecule has 2 aromatic heterocycles. The van der Waals surface area contributed by atoms with Crippen molar-refractivity contribution in [3.8, 4) is 11.4 Å². The van der Waals surface area contributed by atoms with Gasteiger partial charge >= 0.3 is 5.97 Å². The van der Waals surface area contributed by atoms with E-state index in [4.69, 9.17) is 4.74 Å². The van der Waals surface area contributed by atoms with Crippen molar-refractivity contribution in [1.29, 1.82) is 0 Å². The predicted molar refractivity (Wildman–Crippen MR) is 130 cm³/mol. The number of carbonyl (C=O) groups is 2. The first kappa shape index (κ1) is 23.5. The number of nitrogens with zero attached hydrogens (tertiary/aromatic N) is 3. The lowest BCUT2D eigenvalue weighted by Crippen LogP contribution is -2.52. The van der Waals surface area contributed by atoms with Crippen molar-refractivity contribution in [3.63, 3.8) is 0 Å². The highest BCUT2D eigenvalue weighted by Gasteiger charge is 2.52. The number of hydrogen-bond donors (Lipinski definition) is 1. The minimum atomic E-state index is -0.894. The van der Waals surface area contributed by atoms with Gasteiger partial charge in [-0.2, -0.15) is 0 Å². The van der Waals surface area contributed by atoms with E-state index >= 15 is 0 Å². The maximum Gasteiger partial charge on any atom is 0.327 e. The van der Waals surface area contributed by atoms with Crippen molar-refractivity contribution in [2.45, 2.75) is 99.5 Å². The Bertz CT molecular complexity index is 965. The van der Waals surface area contributed by atoms with Gasteiger partial charge in [0.25, 0.3) is 0 Å². The second-order valence-electron chi connectivity index (χ2n) is 10.2. The molecular formula is C26H34N4O3S. The summed E-state index contributed by atoms with van der Waals surface area (Å²) in [4.78, 5) is 35.0. The number of pyridine rings is 1. The number of rotatable bonds is 8. The highest BCUT2D eigenvalue weighted by Crippen LogP contribution is 2.46. The zero-order valence-corrected chi connectivity index (χ0v) is 20.5. The van der Waals surface area contributed by atoms with Crippen LogP contribution in [-0.4, -0.2) is 42.8 Å². The van der Waals surface area contributed by atoms with Crippen LogP contribution in [0.25, 0.3) is 11.4 Å². The number of thioether (sulfide) groups is 1. The molecule has 3 heterocycles. The van der Waals surface area contributed by atoms with Crippen LogP contribution in [0.3, 0.4) is 0 Å². The molecule has 2 unspecified atom stereocenters. The third-order valence-corrected chi connectivity index (χ3v) is 9.05. The van der Waals surface area contributed by atoms with Crippen molar-refractivity contribution < 1.29 is 14.3 Å². The number of aromatic amines is 1. The van der Waals surface area contributed by atoms with Gasteiger partial charge in [0.1, 0.15) is 5.60 Å². The Morgan fingerprint density at radius 3 is 2.50 bits per heavy atom. The number of nitrogens with one attached hydrogen (secondary N) is 1. The average Bonchev–Trinajstić information content (AvgIpc) is 3.56. The smallest absolute Gasteiger partial charge is 0.327 e. The molecule has 2 saturated carbocycles. The molecule has 0 aromatic carbocycles. The molecule has 0 amide bonds. The minimum Gasteiger partial charge on any atom is -0.457 e. The van der Waals surface area contributed by atoms with Gasteiger partial charge in [-0.3, -0.25) is 19.7 Å². The number of H-pyrrole nitrogens is 1. The van der Waals surface area contributed by atoms with Gasteiger partial charge in [-0.1, -0.05) is 63.1 Å². The quantitative estimate of drug-likeness (QED) is 0.390. The molecule has 182 valence electrons. The second-order valence-corrected chi connectivity index (χ2v) is 11.3. The molecule has 0 bridgehead atoms. The molecule has 1 saturated heterocycles. The van der Waals surface area contributed by atoms with Crippen LogP contribution < -0.4 is 0 Å². The van der Waals surface area contributed by atoms with Gasteiger partial charge in [-0.25, -0.2) is 4.98 Å². The fourth-order valence-corrected chi connectivity index (χ4v) is 6.97. The maximum atomic E-state index is 13.3. The fourth-order valence-electron chi connectivity index (χ4n) is 6.16. The molecule has 8 heteroatoms. The van der Waals surface area contributed by atoms with Crippen LogP contribution in [0.2, 0.25) is 0 Å². The third-order valence-electron chi connectivity index (χ3n) is 7.96. The van der Waals surface area contributed by atoms with Crippen molar-refractivity contribution in [1.82, 2.24) is 20.2 Å². The third kappa shape index (κ3) is 5.21. The lowest BCUT2D eigenvalue weighted by Gasteiger charge is -2.43. The summed E-state index contributed by atoms with van der Waals surface area (Å²) in [5, 5.41) is 6.59. The largest absolute Gasteiger partial charge is 0.457 e. The Morgan fingerprint density at radius 2 is 1.76 bits per heavy atom. The summed E-state index contributed by atoms with van der Waals surface area (Å²) in [5.41, 5.74) is 0.238. The number of Topliss-reactive ketones (excluding diaryl/α,β-unsaturated/α-hetero) is 1. The van der Waals surface area contributed by atoms with Crippen LogP contribution in [0, 0.1) is 11.8 Å². The number of aromatic nitrogens is 4. The average molecular weight is 483 g/mol. The van der Waals surface area contributed by atoms with Crippen LogP contribution >= 0.6 is 11.8 Å². The molecule has 0 spiro atoms. The number of ketones is 1. The van der Waals surface area contributed by atoms with Gasteiger partial charge in [-0.05, 0) is 49.7 Å². The predicted octanol–water partition coefficient (Wildman–Crippen LogP) is 5.52. The van der Waals surface area contributed by atoms with Gasteiger partial charge in [0.15, 0.2) is 16.9 Å². The summed E-state index contributed by atoms with van der Waals surface area (Å²) >= 11 is 1.09. The van der Waals surface area contributed by atoms with Gasteiger partial charge in [-0.15, -0.1) is 5.10 Å². The standard InChI is InChI=1S/C26H34N4O3S/c31-21-17-26(20-10-4-5-11-20,14-6-9-18-7-2-1-3-8-18)33-24(32)22(21)34-25-28-23(29-30-25)19-12-15-27-16-13-19/h12-13,15-16,18,20,22H,1-11,14,17H2,(H,28,29,30). The molecule has 34 heavy (non-hydrogen) atoms. The van der Waals surface area contributed by atoms with E-state index in [1.807, 2.05) is 12.1 Å². The van der Waals surface area contributed by atoms with E-state index in [0.29, 0.717) is 23.3 Å². The lowest BCUT2D eigenvalue weighted by molar-refractivity contribution is -0.177. The summed E-state index contributed by atoms with van der Waals surface area (Å²) in [6, 6.07) is 3.66. The van der Waals surface area contributed by atoms with Crippen LogP contribution in [0.5, 0.6) is 0 Å². The Balaban J connectivity index is 1.25. The number of hydrogen-bond acceptors (Lipinski definition) is 7. The van der Waals surface area contributed by atoms with Gasteiger partial charge in [0, 0.05) is 24.4 Å². The van der Waals surface area contributed by atoms with Gasteiger partial charge in [0.05, 0.1) is 0 Å². The SMILES string of the molecule is O=C1CC(CCCC2CCCCC2)(C2CCCC2)OC(=O)C1Sc1n[nH]c(-c2ccncc2)n1. The first-order chi connectivity index (χ1) is 16.6. The Labute approximate surface area is 205 Å². The zero-order valence-electron chi connectivity index (χ0n) is 19.7. The van der Waals surface area contributed by atoms with E-state index in [1.165, 1.54) is 38.5 Å². The highest BCUT2D eigenvalue weighted by molar-refractivity contribution is 8.01. The Kier molecular flexibility index (Phi) is 7.32. The lowest BCUT2D eigenvalue weighted by atomic mass is 9.75. The van der Waals surface area contributed by atoms with E-state index < -0.39 is 16.8 Å². The van der Waals surface area contributed by atoms with E-state index in [0.717, 1.165) is 61.8 Å². The highest BCUT2D eigenvalue weighted by atomic mass is 32.2. The van der Waals surface area contributed by atoms with Crippen LogP contribution in [0.1, 0.15) is 83.5 Å². The summed E-state index contributed by atoms with van der Waals surface area (Å²) in [5.74, 6) is 1.24. The molecule has 0 radical (unpaired) electrons. The second kappa shape index (κ2) is 10.6. The molecule has 2 aliphatic carbocycles. The zero-order chi connectivity index (χ0) is 23.4. The number of carbonyl (C=O) groups excluding carboxylic acids is 2. The molecule has 3 fully saturated rings. The van der Waals surface area contributed by atoms with Crippen molar-refractivity contribution in [2.75, 3.05) is 0 Å². The van der Waals surface area contributed by atoms with Crippen molar-refractivity contribution >= 4 is 23.5 Å². The molecule has 1 aliphatic heterocycles. The van der Waals surface area contributed by atoms with Crippen molar-refractivity contribution in [3.05, 3.63) is 24.5 Å². The molecule has 3 aliphatic rings. The molecule has 7 nitrogen and oxygen atoms in total. The fraction of sp³-hybridized carbons (Fsp3) is 0.654. The summed E-state index contributed by atoms with van der Waals surface area (Å²) < 4.78 is 6.24. The van der Waals surface area contributed by atoms with Crippen LogP contribution in [-0.2, 0) is 14.3 Å². The summed E-state index contributed by atoms with van der Waals surface area (Å²) in [6.07, 6.45) is 17.9. The molecule has 2 atom stereocenters. The summed E-state index contributed by atoms with van der Waals surface area (Å²) in [6.45, 7) is 0. The van der Waals surface area contributed by atoms with Gasteiger partial charge < -0.3 is 4.74 Å².